The molecular weight excluding hydrogens is 390 g/mol. The fourth-order valence-electron chi connectivity index (χ4n) is 3.87. The number of rotatable bonds is 6. The van der Waals surface area contributed by atoms with Crippen molar-refractivity contribution in [1.29, 1.82) is 0 Å². The highest BCUT2D eigenvalue weighted by atomic mass is 35.5. The second-order valence-electron chi connectivity index (χ2n) is 7.23. The standard InChI is InChI=1S/C22H25N3O3.ClH/c1-2-28-20-6-4-3-5-19(20)25-14-18(10-21(25)26)22(27)24-11-15-7-8-16-12-23-13-17(16)9-15;/h3-9,18,23H,2,10-14H2,1H3,(H,24,27);1H. The predicted octanol–water partition coefficient (Wildman–Crippen LogP) is 2.78. The molecule has 1 saturated heterocycles. The van der Waals surface area contributed by atoms with Crippen LogP contribution in [0.3, 0.4) is 0 Å². The van der Waals surface area contributed by atoms with Crippen molar-refractivity contribution in [3.05, 3.63) is 59.2 Å². The lowest BCUT2D eigenvalue weighted by molar-refractivity contribution is -0.126. The third-order valence-electron chi connectivity index (χ3n) is 5.32. The smallest absolute Gasteiger partial charge is 0.227 e. The molecule has 6 nitrogen and oxygen atoms in total. The molecule has 7 heteroatoms. The highest BCUT2D eigenvalue weighted by molar-refractivity contribution is 6.01. The minimum Gasteiger partial charge on any atom is -0.492 e. The number of anilines is 1. The van der Waals surface area contributed by atoms with Gasteiger partial charge >= 0.3 is 0 Å². The first kappa shape index (κ1) is 21.1. The van der Waals surface area contributed by atoms with Crippen molar-refractivity contribution >= 4 is 29.9 Å². The lowest BCUT2D eigenvalue weighted by Gasteiger charge is -2.20. The fraction of sp³-hybridized carbons (Fsp3) is 0.364. The molecule has 0 aliphatic carbocycles. The highest BCUT2D eigenvalue weighted by Crippen LogP contribution is 2.33. The number of nitrogens with one attached hydrogen (secondary N) is 2. The Morgan fingerprint density at radius 2 is 2.00 bits per heavy atom. The zero-order chi connectivity index (χ0) is 19.5. The summed E-state index contributed by atoms with van der Waals surface area (Å²) in [6.07, 6.45) is 0.223. The SMILES string of the molecule is CCOc1ccccc1N1CC(C(=O)NCc2ccc3c(c2)CNC3)CC1=O.Cl. The Labute approximate surface area is 177 Å². The van der Waals surface area contributed by atoms with Gasteiger partial charge in [0.05, 0.1) is 18.2 Å². The van der Waals surface area contributed by atoms with Gasteiger partial charge in [0.2, 0.25) is 11.8 Å². The molecule has 0 saturated carbocycles. The van der Waals surface area contributed by atoms with Gasteiger partial charge < -0.3 is 20.3 Å². The Morgan fingerprint density at radius 3 is 2.83 bits per heavy atom. The Hall–Kier alpha value is -2.57. The molecular formula is C22H26ClN3O3. The fourth-order valence-corrected chi connectivity index (χ4v) is 3.87. The second-order valence-corrected chi connectivity index (χ2v) is 7.23. The average Bonchev–Trinajstić information content (AvgIpc) is 3.33. The van der Waals surface area contributed by atoms with Gasteiger partial charge in [0, 0.05) is 32.6 Å². The molecule has 154 valence electrons. The molecule has 2 aliphatic rings. The minimum atomic E-state index is -0.349. The summed E-state index contributed by atoms with van der Waals surface area (Å²) in [5, 5.41) is 6.32. The van der Waals surface area contributed by atoms with Crippen LogP contribution in [-0.2, 0) is 29.2 Å². The van der Waals surface area contributed by atoms with Crippen LogP contribution in [0.2, 0.25) is 0 Å². The van der Waals surface area contributed by atoms with Crippen molar-refractivity contribution in [2.45, 2.75) is 33.0 Å². The van der Waals surface area contributed by atoms with Gasteiger partial charge in [-0.3, -0.25) is 9.59 Å². The summed E-state index contributed by atoms with van der Waals surface area (Å²) in [6.45, 7) is 5.08. The topological polar surface area (TPSA) is 70.7 Å². The Bertz CT molecular complexity index is 903. The zero-order valence-corrected chi connectivity index (χ0v) is 17.3. The van der Waals surface area contributed by atoms with Crippen LogP contribution in [0, 0.1) is 5.92 Å². The third-order valence-corrected chi connectivity index (χ3v) is 5.32. The van der Waals surface area contributed by atoms with Crippen LogP contribution in [-0.4, -0.2) is 25.0 Å². The summed E-state index contributed by atoms with van der Waals surface area (Å²) < 4.78 is 5.64. The predicted molar refractivity (Wildman–Crippen MR) is 114 cm³/mol. The molecule has 0 spiro atoms. The number of nitrogens with zero attached hydrogens (tertiary/aromatic N) is 1. The number of benzene rings is 2. The quantitative estimate of drug-likeness (QED) is 0.761. The molecule has 1 fully saturated rings. The Morgan fingerprint density at radius 1 is 1.21 bits per heavy atom. The maximum Gasteiger partial charge on any atom is 0.227 e. The number of hydrogen-bond acceptors (Lipinski definition) is 4. The molecule has 2 N–H and O–H groups in total. The van der Waals surface area contributed by atoms with Crippen molar-refractivity contribution in [1.82, 2.24) is 10.6 Å². The number of carbonyl (C=O) groups excluding carboxylic acids is 2. The number of hydrogen-bond donors (Lipinski definition) is 2. The van der Waals surface area contributed by atoms with E-state index in [2.05, 4.69) is 28.8 Å². The van der Waals surface area contributed by atoms with Crippen molar-refractivity contribution in [3.8, 4) is 5.75 Å². The lowest BCUT2D eigenvalue weighted by atomic mass is 10.1. The summed E-state index contributed by atoms with van der Waals surface area (Å²) in [5.41, 5.74) is 4.43. The average molecular weight is 416 g/mol. The van der Waals surface area contributed by atoms with E-state index in [0.717, 1.165) is 24.3 Å². The van der Waals surface area contributed by atoms with Crippen molar-refractivity contribution < 1.29 is 14.3 Å². The van der Waals surface area contributed by atoms with Crippen LogP contribution in [0.5, 0.6) is 5.75 Å². The zero-order valence-electron chi connectivity index (χ0n) is 16.4. The van der Waals surface area contributed by atoms with Gasteiger partial charge in [-0.05, 0) is 35.7 Å². The van der Waals surface area contributed by atoms with Crippen LogP contribution >= 0.6 is 12.4 Å². The van der Waals surface area contributed by atoms with Gasteiger partial charge in [0.1, 0.15) is 5.75 Å². The van der Waals surface area contributed by atoms with Crippen LogP contribution in [0.15, 0.2) is 42.5 Å². The molecule has 0 aromatic heterocycles. The van der Waals surface area contributed by atoms with Crippen LogP contribution in [0.4, 0.5) is 5.69 Å². The maximum absolute atomic E-state index is 12.7. The summed E-state index contributed by atoms with van der Waals surface area (Å²) in [7, 11) is 0. The van der Waals surface area contributed by atoms with Gasteiger partial charge in [0.15, 0.2) is 0 Å². The van der Waals surface area contributed by atoms with E-state index in [1.54, 1.807) is 4.90 Å². The second kappa shape index (κ2) is 9.29. The van der Waals surface area contributed by atoms with Crippen molar-refractivity contribution in [2.75, 3.05) is 18.1 Å². The normalized spacial score (nSPS) is 17.6. The van der Waals surface area contributed by atoms with E-state index in [0.29, 0.717) is 25.4 Å². The molecule has 2 heterocycles. The molecule has 0 radical (unpaired) electrons. The van der Waals surface area contributed by atoms with E-state index in [1.165, 1.54) is 11.1 Å². The Balaban J connectivity index is 0.00000240. The lowest BCUT2D eigenvalue weighted by Crippen LogP contribution is -2.32. The number of halogens is 1. The molecule has 0 bridgehead atoms. The van der Waals surface area contributed by atoms with E-state index < -0.39 is 0 Å². The molecule has 2 aromatic carbocycles. The minimum absolute atomic E-state index is 0. The summed E-state index contributed by atoms with van der Waals surface area (Å²) in [5.74, 6) is 0.198. The van der Waals surface area contributed by atoms with Gasteiger partial charge in [-0.25, -0.2) is 0 Å². The summed E-state index contributed by atoms with van der Waals surface area (Å²) in [4.78, 5) is 26.8. The van der Waals surface area contributed by atoms with E-state index in [1.807, 2.05) is 31.2 Å². The molecule has 1 atom stereocenters. The van der Waals surface area contributed by atoms with Crippen molar-refractivity contribution in [2.24, 2.45) is 5.92 Å². The van der Waals surface area contributed by atoms with Gasteiger partial charge in [0.25, 0.3) is 0 Å². The molecule has 2 amide bonds. The molecule has 2 aliphatic heterocycles. The summed E-state index contributed by atoms with van der Waals surface area (Å²) in [6, 6.07) is 13.8. The first-order chi connectivity index (χ1) is 13.7. The van der Waals surface area contributed by atoms with E-state index in [9.17, 15) is 9.59 Å². The van der Waals surface area contributed by atoms with Gasteiger partial charge in [-0.1, -0.05) is 30.3 Å². The van der Waals surface area contributed by atoms with Crippen LogP contribution in [0.25, 0.3) is 0 Å². The Kier molecular flexibility index (Phi) is 6.77. The van der Waals surface area contributed by atoms with E-state index in [4.69, 9.17) is 4.74 Å². The van der Waals surface area contributed by atoms with Crippen LogP contribution < -0.4 is 20.3 Å². The monoisotopic (exact) mass is 415 g/mol. The number of carbonyl (C=O) groups is 2. The first-order valence-corrected chi connectivity index (χ1v) is 9.77. The van der Waals surface area contributed by atoms with E-state index in [-0.39, 0.29) is 36.6 Å². The molecule has 1 unspecified atom stereocenters. The number of para-hydroxylation sites is 2. The largest absolute Gasteiger partial charge is 0.492 e. The third kappa shape index (κ3) is 4.54. The summed E-state index contributed by atoms with van der Waals surface area (Å²) >= 11 is 0. The first-order valence-electron chi connectivity index (χ1n) is 9.77. The van der Waals surface area contributed by atoms with Crippen LogP contribution in [0.1, 0.15) is 30.0 Å². The number of ether oxygens (including phenoxy) is 1. The van der Waals surface area contributed by atoms with Gasteiger partial charge in [-0.2, -0.15) is 0 Å². The van der Waals surface area contributed by atoms with E-state index >= 15 is 0 Å². The number of amides is 2. The maximum atomic E-state index is 12.7. The number of fused-ring (bicyclic) bond motifs is 1. The highest BCUT2D eigenvalue weighted by Gasteiger charge is 2.36. The van der Waals surface area contributed by atoms with Gasteiger partial charge in [-0.15, -0.1) is 12.4 Å². The molecule has 2 aromatic rings. The molecule has 29 heavy (non-hydrogen) atoms. The van der Waals surface area contributed by atoms with Crippen molar-refractivity contribution in [3.63, 3.8) is 0 Å². The molecule has 4 rings (SSSR count).